The highest BCUT2D eigenvalue weighted by atomic mass is 19.4. The Morgan fingerprint density at radius 2 is 1.78 bits per heavy atom. The lowest BCUT2D eigenvalue weighted by molar-refractivity contribution is -0.137. The predicted molar refractivity (Wildman–Crippen MR) is 115 cm³/mol. The van der Waals surface area contributed by atoms with Crippen LogP contribution >= 0.6 is 0 Å². The summed E-state index contributed by atoms with van der Waals surface area (Å²) in [5.74, 6) is 0.601. The van der Waals surface area contributed by atoms with Gasteiger partial charge in [-0.1, -0.05) is 45.7 Å². The molecule has 0 saturated carbocycles. The van der Waals surface area contributed by atoms with Crippen molar-refractivity contribution in [2.24, 2.45) is 5.92 Å². The van der Waals surface area contributed by atoms with Crippen LogP contribution in [0.15, 0.2) is 36.8 Å². The zero-order valence-corrected chi connectivity index (χ0v) is 18.7. The number of hydrogen-bond acceptors (Lipinski definition) is 5. The summed E-state index contributed by atoms with van der Waals surface area (Å²) in [6.45, 7) is 8.25. The lowest BCUT2D eigenvalue weighted by Crippen LogP contribution is -2.09. The summed E-state index contributed by atoms with van der Waals surface area (Å²) in [4.78, 5) is 8.32. The van der Waals surface area contributed by atoms with Crippen molar-refractivity contribution < 1.29 is 17.9 Å². The van der Waals surface area contributed by atoms with Gasteiger partial charge in [-0.15, -0.1) is 5.10 Å². The van der Waals surface area contributed by atoms with Gasteiger partial charge in [0.05, 0.1) is 17.4 Å². The molecule has 0 N–H and O–H groups in total. The Bertz CT molecular complexity index is 1020. The fourth-order valence-corrected chi connectivity index (χ4v) is 3.41. The fraction of sp³-hybridized carbons (Fsp3) is 0.478. The second-order valence-corrected chi connectivity index (χ2v) is 8.38. The second-order valence-electron chi connectivity index (χ2n) is 8.38. The van der Waals surface area contributed by atoms with E-state index in [-0.39, 0.29) is 18.5 Å². The molecule has 0 radical (unpaired) electrons. The van der Waals surface area contributed by atoms with Gasteiger partial charge in [-0.05, 0) is 47.6 Å². The van der Waals surface area contributed by atoms with Gasteiger partial charge in [0.25, 0.3) is 0 Å². The van der Waals surface area contributed by atoms with Crippen LogP contribution in [0.4, 0.5) is 13.2 Å². The van der Waals surface area contributed by atoms with Gasteiger partial charge in [0.2, 0.25) is 0 Å². The average molecular weight is 448 g/mol. The summed E-state index contributed by atoms with van der Waals surface area (Å²) >= 11 is 0. The van der Waals surface area contributed by atoms with Crippen molar-refractivity contribution in [3.8, 4) is 11.7 Å². The molecule has 0 spiro atoms. The Hall–Kier alpha value is -2.97. The van der Waals surface area contributed by atoms with Crippen LogP contribution in [0, 0.1) is 5.92 Å². The molecule has 1 aromatic carbocycles. The van der Waals surface area contributed by atoms with E-state index >= 15 is 0 Å². The third-order valence-corrected chi connectivity index (χ3v) is 5.14. The Morgan fingerprint density at radius 3 is 2.41 bits per heavy atom. The van der Waals surface area contributed by atoms with Gasteiger partial charge in [0, 0.05) is 12.4 Å². The summed E-state index contributed by atoms with van der Waals surface area (Å²) in [5.41, 5.74) is 1.70. The zero-order valence-electron chi connectivity index (χ0n) is 18.7. The van der Waals surface area contributed by atoms with Crippen LogP contribution in [0.3, 0.4) is 0 Å². The molecule has 1 unspecified atom stereocenters. The van der Waals surface area contributed by atoms with Gasteiger partial charge in [0.1, 0.15) is 12.3 Å². The molecule has 2 heterocycles. The van der Waals surface area contributed by atoms with E-state index in [1.54, 1.807) is 24.7 Å². The normalized spacial score (nSPS) is 12.9. The number of benzene rings is 1. The van der Waals surface area contributed by atoms with Gasteiger partial charge < -0.3 is 4.74 Å². The van der Waals surface area contributed by atoms with Crippen molar-refractivity contribution in [1.29, 1.82) is 0 Å². The second kappa shape index (κ2) is 10.1. The monoisotopic (exact) mass is 447 g/mol. The minimum Gasteiger partial charge on any atom is -0.457 e. The first kappa shape index (κ1) is 23.7. The maximum absolute atomic E-state index is 13.5. The van der Waals surface area contributed by atoms with Crippen LogP contribution < -0.4 is 4.74 Å². The third-order valence-electron chi connectivity index (χ3n) is 5.14. The SMILES string of the molecule is CCCC(C)Cc1cc(-n2cc(COc3ncc(C(C)C)cn3)nn2)cc(C(F)(F)F)c1. The number of aromatic nitrogens is 5. The van der Waals surface area contributed by atoms with Gasteiger partial charge in [-0.2, -0.15) is 13.2 Å². The number of ether oxygens (including phenoxy) is 1. The summed E-state index contributed by atoms with van der Waals surface area (Å²) in [6, 6.07) is 4.24. The van der Waals surface area contributed by atoms with E-state index in [0.717, 1.165) is 24.5 Å². The molecule has 0 amide bonds. The molecule has 3 rings (SSSR count). The largest absolute Gasteiger partial charge is 0.457 e. The average Bonchev–Trinajstić information content (AvgIpc) is 3.21. The number of alkyl halides is 3. The van der Waals surface area contributed by atoms with Crippen LogP contribution in [0.5, 0.6) is 6.01 Å². The van der Waals surface area contributed by atoms with E-state index in [1.165, 1.54) is 10.7 Å². The molecule has 9 heteroatoms. The Morgan fingerprint density at radius 1 is 1.06 bits per heavy atom. The summed E-state index contributed by atoms with van der Waals surface area (Å²) < 4.78 is 47.3. The van der Waals surface area contributed by atoms with Gasteiger partial charge in [-0.3, -0.25) is 0 Å². The van der Waals surface area contributed by atoms with Gasteiger partial charge in [0.15, 0.2) is 0 Å². The standard InChI is InChI=1S/C23H28F3N5O/c1-5-6-16(4)7-17-8-19(23(24,25)26)10-21(9-17)31-13-20(29-30-31)14-32-22-27-11-18(12-28-22)15(2)3/h8-13,15-16H,5-7,14H2,1-4H3. The highest BCUT2D eigenvalue weighted by Crippen LogP contribution is 2.32. The van der Waals surface area contributed by atoms with E-state index in [9.17, 15) is 13.2 Å². The maximum Gasteiger partial charge on any atom is 0.416 e. The van der Waals surface area contributed by atoms with Crippen LogP contribution in [-0.2, 0) is 19.2 Å². The highest BCUT2D eigenvalue weighted by molar-refractivity contribution is 5.41. The molecule has 0 bridgehead atoms. The fourth-order valence-electron chi connectivity index (χ4n) is 3.41. The molecule has 32 heavy (non-hydrogen) atoms. The first-order valence-corrected chi connectivity index (χ1v) is 10.7. The van der Waals surface area contributed by atoms with E-state index in [4.69, 9.17) is 4.74 Å². The minimum absolute atomic E-state index is 0.0559. The lowest BCUT2D eigenvalue weighted by Gasteiger charge is -2.15. The van der Waals surface area contributed by atoms with Crippen molar-refractivity contribution in [3.63, 3.8) is 0 Å². The smallest absolute Gasteiger partial charge is 0.416 e. The topological polar surface area (TPSA) is 65.7 Å². The van der Waals surface area contributed by atoms with Crippen molar-refractivity contribution in [1.82, 2.24) is 25.0 Å². The van der Waals surface area contributed by atoms with Crippen LogP contribution in [0.1, 0.15) is 68.8 Å². The Labute approximate surface area is 185 Å². The summed E-state index contributed by atoms with van der Waals surface area (Å²) in [7, 11) is 0. The van der Waals surface area contributed by atoms with Crippen LogP contribution in [0.2, 0.25) is 0 Å². The molecular formula is C23H28F3N5O. The number of nitrogens with zero attached hydrogens (tertiary/aromatic N) is 5. The number of rotatable bonds is 9. The lowest BCUT2D eigenvalue weighted by atomic mass is 9.95. The summed E-state index contributed by atoms with van der Waals surface area (Å²) in [5, 5.41) is 8.01. The molecule has 0 fully saturated rings. The number of hydrogen-bond donors (Lipinski definition) is 0. The third kappa shape index (κ3) is 6.27. The van der Waals surface area contributed by atoms with E-state index in [1.807, 2.05) is 20.8 Å². The van der Waals surface area contributed by atoms with Crippen LogP contribution in [0.25, 0.3) is 5.69 Å². The van der Waals surface area contributed by atoms with Crippen molar-refractivity contribution in [2.75, 3.05) is 0 Å². The highest BCUT2D eigenvalue weighted by Gasteiger charge is 2.31. The quantitative estimate of drug-likeness (QED) is 0.417. The van der Waals surface area contributed by atoms with E-state index in [0.29, 0.717) is 29.3 Å². The number of halogens is 3. The Kier molecular flexibility index (Phi) is 7.48. The summed E-state index contributed by atoms with van der Waals surface area (Å²) in [6.07, 6.45) is 3.03. The Balaban J connectivity index is 1.77. The van der Waals surface area contributed by atoms with Crippen molar-refractivity contribution in [3.05, 3.63) is 59.2 Å². The predicted octanol–water partition coefficient (Wildman–Crippen LogP) is 5.76. The molecule has 3 aromatic rings. The molecule has 0 aliphatic carbocycles. The van der Waals surface area contributed by atoms with Crippen LogP contribution in [-0.4, -0.2) is 25.0 Å². The molecule has 172 valence electrons. The van der Waals surface area contributed by atoms with Crippen molar-refractivity contribution in [2.45, 2.75) is 65.7 Å². The van der Waals surface area contributed by atoms with Gasteiger partial charge in [-0.25, -0.2) is 14.6 Å². The first-order chi connectivity index (χ1) is 15.2. The van der Waals surface area contributed by atoms with E-state index < -0.39 is 11.7 Å². The molecule has 1 atom stereocenters. The first-order valence-electron chi connectivity index (χ1n) is 10.7. The zero-order chi connectivity index (χ0) is 23.3. The minimum atomic E-state index is -4.44. The molecule has 0 saturated heterocycles. The molecule has 2 aromatic heterocycles. The van der Waals surface area contributed by atoms with Crippen molar-refractivity contribution >= 4 is 0 Å². The van der Waals surface area contributed by atoms with Gasteiger partial charge >= 0.3 is 12.2 Å². The van der Waals surface area contributed by atoms with E-state index in [2.05, 4.69) is 27.2 Å². The molecule has 6 nitrogen and oxygen atoms in total. The molecule has 0 aliphatic rings. The molecule has 0 aliphatic heterocycles. The molecular weight excluding hydrogens is 419 g/mol. The maximum atomic E-state index is 13.5.